The molecule has 8 nitrogen and oxygen atoms in total. The van der Waals surface area contributed by atoms with Gasteiger partial charge in [0.25, 0.3) is 11.6 Å². The lowest BCUT2D eigenvalue weighted by Gasteiger charge is -2.08. The van der Waals surface area contributed by atoms with Crippen molar-refractivity contribution in [3.05, 3.63) is 47.8 Å². The van der Waals surface area contributed by atoms with Crippen molar-refractivity contribution in [2.24, 2.45) is 0 Å². The number of rotatable bonds is 4. The van der Waals surface area contributed by atoms with Crippen LogP contribution in [0.5, 0.6) is 0 Å². The van der Waals surface area contributed by atoms with E-state index >= 15 is 0 Å². The van der Waals surface area contributed by atoms with Gasteiger partial charge in [-0.05, 0) is 31.2 Å². The van der Waals surface area contributed by atoms with Crippen molar-refractivity contribution in [2.75, 3.05) is 16.3 Å². The van der Waals surface area contributed by atoms with Crippen molar-refractivity contribution < 1.29 is 17.7 Å². The summed E-state index contributed by atoms with van der Waals surface area (Å²) in [6.45, 7) is 1.78. The van der Waals surface area contributed by atoms with Gasteiger partial charge in [0, 0.05) is 11.3 Å². The third kappa shape index (κ3) is 3.51. The second-order valence-electron chi connectivity index (χ2n) is 5.25. The summed E-state index contributed by atoms with van der Waals surface area (Å²) in [5.74, 6) is -0.387. The first-order chi connectivity index (χ1) is 11.3. The zero-order valence-corrected chi connectivity index (χ0v) is 13.7. The highest BCUT2D eigenvalue weighted by Crippen LogP contribution is 2.20. The van der Waals surface area contributed by atoms with Gasteiger partial charge < -0.3 is 9.84 Å². The van der Waals surface area contributed by atoms with Crippen molar-refractivity contribution in [2.45, 2.75) is 6.92 Å². The van der Waals surface area contributed by atoms with Gasteiger partial charge in [0.2, 0.25) is 10.0 Å². The first-order valence-electron chi connectivity index (χ1n) is 6.93. The van der Waals surface area contributed by atoms with Crippen LogP contribution in [0, 0.1) is 6.92 Å². The first kappa shape index (κ1) is 15.9. The Labute approximate surface area is 137 Å². The Balaban J connectivity index is 1.83. The molecule has 0 spiro atoms. The summed E-state index contributed by atoms with van der Waals surface area (Å²) in [5.41, 5.74) is 2.18. The van der Waals surface area contributed by atoms with E-state index in [2.05, 4.69) is 20.2 Å². The number of aryl methyl sites for hydroxylation is 1. The molecule has 0 atom stereocenters. The number of anilines is 2. The zero-order chi connectivity index (χ0) is 17.3. The topological polar surface area (TPSA) is 114 Å². The lowest BCUT2D eigenvalue weighted by Crippen LogP contribution is -2.14. The largest absolute Gasteiger partial charge is 0.336 e. The molecule has 0 radical (unpaired) electrons. The van der Waals surface area contributed by atoms with Crippen molar-refractivity contribution >= 4 is 38.4 Å². The van der Waals surface area contributed by atoms with Crippen LogP contribution in [-0.4, -0.2) is 30.7 Å². The first-order valence-corrected chi connectivity index (χ1v) is 8.82. The van der Waals surface area contributed by atoms with Gasteiger partial charge >= 0.3 is 0 Å². The van der Waals surface area contributed by atoms with Crippen molar-refractivity contribution in [3.63, 3.8) is 0 Å². The fourth-order valence-corrected chi connectivity index (χ4v) is 2.71. The van der Waals surface area contributed by atoms with E-state index in [-0.39, 0.29) is 5.91 Å². The number of fused-ring (bicyclic) bond motifs is 1. The van der Waals surface area contributed by atoms with E-state index in [9.17, 15) is 13.2 Å². The van der Waals surface area contributed by atoms with Gasteiger partial charge in [-0.25, -0.2) is 13.4 Å². The van der Waals surface area contributed by atoms with Gasteiger partial charge in [0.05, 0.1) is 29.2 Å². The monoisotopic (exact) mass is 346 g/mol. The van der Waals surface area contributed by atoms with Gasteiger partial charge in [-0.1, -0.05) is 11.2 Å². The Morgan fingerprint density at radius 2 is 2.00 bits per heavy atom. The van der Waals surface area contributed by atoms with Crippen LogP contribution in [0.25, 0.3) is 11.1 Å². The molecule has 0 saturated heterocycles. The van der Waals surface area contributed by atoms with Crippen LogP contribution in [0.1, 0.15) is 16.1 Å². The van der Waals surface area contributed by atoms with E-state index in [1.54, 1.807) is 31.2 Å². The number of sulfonamides is 1. The summed E-state index contributed by atoms with van der Waals surface area (Å²) in [6.07, 6.45) is 2.51. The minimum absolute atomic E-state index is 0.311. The number of hydrogen-bond donors (Lipinski definition) is 2. The smallest absolute Gasteiger partial charge is 0.258 e. The SMILES string of the molecule is Cc1noc2ncc(NC(=O)c3cccc(NS(C)(=O)=O)c3)cc12. The molecule has 3 aromatic rings. The van der Waals surface area contributed by atoms with Gasteiger partial charge in [-0.2, -0.15) is 0 Å². The Morgan fingerprint density at radius 1 is 1.21 bits per heavy atom. The minimum atomic E-state index is -3.41. The van der Waals surface area contributed by atoms with E-state index < -0.39 is 10.0 Å². The molecule has 0 fully saturated rings. The number of amides is 1. The van der Waals surface area contributed by atoms with Gasteiger partial charge in [-0.15, -0.1) is 0 Å². The number of carbonyl (C=O) groups is 1. The fourth-order valence-electron chi connectivity index (χ4n) is 2.15. The molecule has 2 aromatic heterocycles. The number of nitrogens with one attached hydrogen (secondary N) is 2. The van der Waals surface area contributed by atoms with Gasteiger partial charge in [0.1, 0.15) is 0 Å². The summed E-state index contributed by atoms with van der Waals surface area (Å²) < 4.78 is 29.9. The Bertz CT molecular complexity index is 1030. The highest BCUT2D eigenvalue weighted by molar-refractivity contribution is 7.92. The molecule has 0 unspecified atom stereocenters. The molecule has 24 heavy (non-hydrogen) atoms. The third-order valence-corrected chi connectivity index (χ3v) is 3.80. The molecule has 124 valence electrons. The number of aromatic nitrogens is 2. The fraction of sp³-hybridized carbons (Fsp3) is 0.133. The molecule has 2 heterocycles. The average molecular weight is 346 g/mol. The van der Waals surface area contributed by atoms with E-state index in [1.165, 1.54) is 12.3 Å². The molecule has 1 amide bonds. The van der Waals surface area contributed by atoms with Crippen LogP contribution in [0.2, 0.25) is 0 Å². The van der Waals surface area contributed by atoms with Crippen molar-refractivity contribution in [1.29, 1.82) is 0 Å². The number of carbonyl (C=O) groups excluding carboxylic acids is 1. The highest BCUT2D eigenvalue weighted by Gasteiger charge is 2.11. The summed E-state index contributed by atoms with van der Waals surface area (Å²) in [5, 5.41) is 7.22. The minimum Gasteiger partial charge on any atom is -0.336 e. The average Bonchev–Trinajstić information content (AvgIpc) is 2.87. The molecule has 0 aliphatic heterocycles. The maximum atomic E-state index is 12.3. The number of nitrogens with zero attached hydrogens (tertiary/aromatic N) is 2. The summed E-state index contributed by atoms with van der Waals surface area (Å²) in [4.78, 5) is 16.4. The van der Waals surface area contributed by atoms with Crippen LogP contribution < -0.4 is 10.0 Å². The molecule has 0 aliphatic carbocycles. The van der Waals surface area contributed by atoms with Gasteiger partial charge in [-0.3, -0.25) is 9.52 Å². The molecule has 0 bridgehead atoms. The number of hydrogen-bond acceptors (Lipinski definition) is 6. The van der Waals surface area contributed by atoms with Crippen LogP contribution in [0.4, 0.5) is 11.4 Å². The maximum Gasteiger partial charge on any atom is 0.258 e. The second-order valence-corrected chi connectivity index (χ2v) is 7.00. The molecule has 0 saturated carbocycles. The van der Waals surface area contributed by atoms with Crippen LogP contribution in [0.15, 0.2) is 41.1 Å². The number of pyridine rings is 1. The quantitative estimate of drug-likeness (QED) is 0.748. The lowest BCUT2D eigenvalue weighted by atomic mass is 10.2. The second kappa shape index (κ2) is 5.93. The van der Waals surface area contributed by atoms with Gasteiger partial charge in [0.15, 0.2) is 0 Å². The predicted molar refractivity (Wildman–Crippen MR) is 89.4 cm³/mol. The van der Waals surface area contributed by atoms with Crippen molar-refractivity contribution in [1.82, 2.24) is 10.1 Å². The molecule has 3 rings (SSSR count). The molecular formula is C15H14N4O4S. The molecule has 2 N–H and O–H groups in total. The van der Waals surface area contributed by atoms with Crippen LogP contribution >= 0.6 is 0 Å². The molecule has 9 heteroatoms. The molecule has 1 aromatic carbocycles. The standard InChI is InChI=1S/C15H14N4O4S/c1-9-13-7-12(8-16-15(13)23-18-9)17-14(20)10-4-3-5-11(6-10)19-24(2,21)22/h3-8,19H,1-2H3,(H,17,20). The Kier molecular flexibility index (Phi) is 3.94. The summed E-state index contributed by atoms with van der Waals surface area (Å²) >= 11 is 0. The summed E-state index contributed by atoms with van der Waals surface area (Å²) in [6, 6.07) is 7.90. The van der Waals surface area contributed by atoms with Crippen molar-refractivity contribution in [3.8, 4) is 0 Å². The van der Waals surface area contributed by atoms with Crippen LogP contribution in [-0.2, 0) is 10.0 Å². The van der Waals surface area contributed by atoms with E-state index in [1.807, 2.05) is 0 Å². The lowest BCUT2D eigenvalue weighted by molar-refractivity contribution is 0.102. The van der Waals surface area contributed by atoms with E-state index in [4.69, 9.17) is 4.52 Å². The van der Waals surface area contributed by atoms with E-state index in [0.29, 0.717) is 33.7 Å². The molecule has 0 aliphatic rings. The van der Waals surface area contributed by atoms with Crippen LogP contribution in [0.3, 0.4) is 0 Å². The molecular weight excluding hydrogens is 332 g/mol. The highest BCUT2D eigenvalue weighted by atomic mass is 32.2. The summed E-state index contributed by atoms with van der Waals surface area (Å²) in [7, 11) is -3.41. The normalized spacial score (nSPS) is 11.4. The van der Waals surface area contributed by atoms with E-state index in [0.717, 1.165) is 6.26 Å². The Hall–Kier alpha value is -2.94. The Morgan fingerprint density at radius 3 is 2.75 bits per heavy atom. The number of benzene rings is 1. The third-order valence-electron chi connectivity index (χ3n) is 3.20. The maximum absolute atomic E-state index is 12.3. The predicted octanol–water partition coefficient (Wildman–Crippen LogP) is 2.16. The zero-order valence-electron chi connectivity index (χ0n) is 12.9.